The van der Waals surface area contributed by atoms with Gasteiger partial charge in [0.25, 0.3) is 0 Å². The normalized spacial score (nSPS) is 21.8. The molecule has 0 radical (unpaired) electrons. The molecule has 1 aromatic rings. The van der Waals surface area contributed by atoms with E-state index in [1.807, 2.05) is 26.0 Å². The first-order valence-electron chi connectivity index (χ1n) is 7.58. The van der Waals surface area contributed by atoms with Gasteiger partial charge in [-0.2, -0.15) is 4.98 Å². The highest BCUT2D eigenvalue weighted by Crippen LogP contribution is 2.37. The van der Waals surface area contributed by atoms with Crippen molar-refractivity contribution in [2.24, 2.45) is 5.41 Å². The van der Waals surface area contributed by atoms with E-state index in [9.17, 15) is 0 Å². The van der Waals surface area contributed by atoms with Crippen LogP contribution in [0.25, 0.3) is 0 Å². The van der Waals surface area contributed by atoms with Crippen molar-refractivity contribution in [2.45, 2.75) is 65.5 Å². The molecule has 1 aliphatic rings. The lowest BCUT2D eigenvalue weighted by atomic mass is 9.73. The van der Waals surface area contributed by atoms with Crippen molar-refractivity contribution in [3.05, 3.63) is 12.1 Å². The van der Waals surface area contributed by atoms with Gasteiger partial charge in [0.2, 0.25) is 5.88 Å². The maximum atomic E-state index is 5.91. The van der Waals surface area contributed by atoms with Crippen molar-refractivity contribution in [1.82, 2.24) is 4.98 Å². The summed E-state index contributed by atoms with van der Waals surface area (Å²) in [6, 6.07) is 4.26. The molecule has 0 aromatic carbocycles. The summed E-state index contributed by atoms with van der Waals surface area (Å²) in [5, 5.41) is 3.57. The standard InChI is InChI=1S/C16H27N3O/c1-11(2)20-15-12(17)8-9-14(19-15)18-13-7-5-6-10-16(13,3)4/h8-9,11,13H,5-7,10,17H2,1-4H3,(H,18,19). The number of nitrogens with two attached hydrogens (primary N) is 1. The average molecular weight is 277 g/mol. The molecule has 20 heavy (non-hydrogen) atoms. The fourth-order valence-corrected chi connectivity index (χ4v) is 2.79. The number of nitrogens with zero attached hydrogens (tertiary/aromatic N) is 1. The second-order valence-electron chi connectivity index (χ2n) is 6.69. The smallest absolute Gasteiger partial charge is 0.239 e. The van der Waals surface area contributed by atoms with Gasteiger partial charge in [0.05, 0.1) is 11.8 Å². The van der Waals surface area contributed by atoms with E-state index in [0.717, 1.165) is 5.82 Å². The lowest BCUT2D eigenvalue weighted by molar-refractivity contribution is 0.215. The van der Waals surface area contributed by atoms with Gasteiger partial charge in [-0.05, 0) is 44.2 Å². The summed E-state index contributed by atoms with van der Waals surface area (Å²) in [7, 11) is 0. The molecule has 112 valence electrons. The number of hydrogen-bond acceptors (Lipinski definition) is 4. The van der Waals surface area contributed by atoms with Crippen molar-refractivity contribution in [1.29, 1.82) is 0 Å². The Bertz CT molecular complexity index is 457. The first-order chi connectivity index (χ1) is 9.38. The number of nitrogen functional groups attached to an aromatic ring is 1. The van der Waals surface area contributed by atoms with E-state index in [1.54, 1.807) is 0 Å². The molecule has 0 amide bonds. The van der Waals surface area contributed by atoms with Crippen LogP contribution in [-0.2, 0) is 0 Å². The second kappa shape index (κ2) is 5.90. The molecule has 0 saturated heterocycles. The molecule has 1 aliphatic carbocycles. The van der Waals surface area contributed by atoms with Crippen LogP contribution in [0.15, 0.2) is 12.1 Å². The van der Waals surface area contributed by atoms with E-state index in [1.165, 1.54) is 25.7 Å². The third kappa shape index (κ3) is 3.56. The Balaban J connectivity index is 2.13. The molecule has 0 aliphatic heterocycles. The Labute approximate surface area is 122 Å². The minimum Gasteiger partial charge on any atom is -0.473 e. The fourth-order valence-electron chi connectivity index (χ4n) is 2.79. The predicted octanol–water partition coefficient (Wildman–Crippen LogP) is 3.83. The molecular weight excluding hydrogens is 250 g/mol. The van der Waals surface area contributed by atoms with Gasteiger partial charge < -0.3 is 15.8 Å². The molecule has 4 nitrogen and oxygen atoms in total. The van der Waals surface area contributed by atoms with Crippen LogP contribution >= 0.6 is 0 Å². The van der Waals surface area contributed by atoms with Gasteiger partial charge in [0.15, 0.2) is 0 Å². The zero-order valence-electron chi connectivity index (χ0n) is 13.1. The number of anilines is 2. The van der Waals surface area contributed by atoms with Crippen LogP contribution in [0.5, 0.6) is 5.88 Å². The van der Waals surface area contributed by atoms with Gasteiger partial charge in [-0.15, -0.1) is 0 Å². The number of nitrogens with one attached hydrogen (secondary N) is 1. The van der Waals surface area contributed by atoms with Crippen LogP contribution in [0.4, 0.5) is 11.5 Å². The number of hydrogen-bond donors (Lipinski definition) is 2. The van der Waals surface area contributed by atoms with E-state index in [2.05, 4.69) is 24.1 Å². The van der Waals surface area contributed by atoms with E-state index in [4.69, 9.17) is 10.5 Å². The molecule has 3 N–H and O–H groups in total. The summed E-state index contributed by atoms with van der Waals surface area (Å²) in [6.07, 6.45) is 5.13. The van der Waals surface area contributed by atoms with Crippen LogP contribution < -0.4 is 15.8 Å². The number of rotatable bonds is 4. The van der Waals surface area contributed by atoms with Crippen molar-refractivity contribution < 1.29 is 4.74 Å². The van der Waals surface area contributed by atoms with Crippen LogP contribution in [0, 0.1) is 5.41 Å². The number of pyridine rings is 1. The summed E-state index contributed by atoms with van der Waals surface area (Å²) in [5.41, 5.74) is 6.80. The lowest BCUT2D eigenvalue weighted by Gasteiger charge is -2.39. The largest absolute Gasteiger partial charge is 0.473 e. The fraction of sp³-hybridized carbons (Fsp3) is 0.688. The quantitative estimate of drug-likeness (QED) is 0.878. The van der Waals surface area contributed by atoms with Crippen LogP contribution in [0.2, 0.25) is 0 Å². The van der Waals surface area contributed by atoms with E-state index in [0.29, 0.717) is 23.0 Å². The molecule has 1 unspecified atom stereocenters. The lowest BCUT2D eigenvalue weighted by Crippen LogP contribution is -2.39. The van der Waals surface area contributed by atoms with Gasteiger partial charge in [0, 0.05) is 6.04 Å². The molecule has 1 saturated carbocycles. The summed E-state index contributed by atoms with van der Waals surface area (Å²) < 4.78 is 5.65. The SMILES string of the molecule is CC(C)Oc1nc(NC2CCCCC2(C)C)ccc1N. The minimum atomic E-state index is 0.0752. The van der Waals surface area contributed by atoms with Gasteiger partial charge >= 0.3 is 0 Å². The first-order valence-corrected chi connectivity index (χ1v) is 7.58. The molecule has 0 bridgehead atoms. The average Bonchev–Trinajstić information content (AvgIpc) is 2.35. The summed E-state index contributed by atoms with van der Waals surface area (Å²) in [6.45, 7) is 8.61. The number of ether oxygens (including phenoxy) is 1. The number of aromatic nitrogens is 1. The van der Waals surface area contributed by atoms with Crippen LogP contribution in [0.3, 0.4) is 0 Å². The monoisotopic (exact) mass is 277 g/mol. The summed E-state index contributed by atoms with van der Waals surface area (Å²) >= 11 is 0. The Morgan fingerprint density at radius 1 is 1.35 bits per heavy atom. The Morgan fingerprint density at radius 2 is 2.10 bits per heavy atom. The molecule has 0 spiro atoms. The van der Waals surface area contributed by atoms with Crippen molar-refractivity contribution in [3.63, 3.8) is 0 Å². The Hall–Kier alpha value is -1.45. The minimum absolute atomic E-state index is 0.0752. The van der Waals surface area contributed by atoms with Gasteiger partial charge in [0.1, 0.15) is 5.82 Å². The molecule has 1 aromatic heterocycles. The third-order valence-corrected chi connectivity index (χ3v) is 4.07. The van der Waals surface area contributed by atoms with E-state index < -0.39 is 0 Å². The van der Waals surface area contributed by atoms with E-state index >= 15 is 0 Å². The predicted molar refractivity (Wildman–Crippen MR) is 84.1 cm³/mol. The highest BCUT2D eigenvalue weighted by molar-refractivity contribution is 5.54. The second-order valence-corrected chi connectivity index (χ2v) is 6.69. The summed E-state index contributed by atoms with van der Waals surface area (Å²) in [4.78, 5) is 4.51. The van der Waals surface area contributed by atoms with Crippen LogP contribution in [0.1, 0.15) is 53.4 Å². The van der Waals surface area contributed by atoms with Gasteiger partial charge in [-0.1, -0.05) is 26.7 Å². The zero-order chi connectivity index (χ0) is 14.8. The van der Waals surface area contributed by atoms with Gasteiger partial charge in [-0.25, -0.2) is 0 Å². The highest BCUT2D eigenvalue weighted by atomic mass is 16.5. The van der Waals surface area contributed by atoms with Crippen molar-refractivity contribution in [3.8, 4) is 5.88 Å². The Kier molecular flexibility index (Phi) is 4.41. The molecule has 2 rings (SSSR count). The topological polar surface area (TPSA) is 60.2 Å². The molecule has 1 fully saturated rings. The molecular formula is C16H27N3O. The molecule has 1 heterocycles. The maximum absolute atomic E-state index is 5.91. The summed E-state index contributed by atoms with van der Waals surface area (Å²) in [5.74, 6) is 1.38. The van der Waals surface area contributed by atoms with Crippen molar-refractivity contribution >= 4 is 11.5 Å². The third-order valence-electron chi connectivity index (χ3n) is 4.07. The first kappa shape index (κ1) is 14.9. The highest BCUT2D eigenvalue weighted by Gasteiger charge is 2.32. The zero-order valence-corrected chi connectivity index (χ0v) is 13.1. The Morgan fingerprint density at radius 3 is 2.75 bits per heavy atom. The maximum Gasteiger partial charge on any atom is 0.239 e. The van der Waals surface area contributed by atoms with Crippen LogP contribution in [-0.4, -0.2) is 17.1 Å². The molecule has 4 heteroatoms. The van der Waals surface area contributed by atoms with Gasteiger partial charge in [-0.3, -0.25) is 0 Å². The van der Waals surface area contributed by atoms with Crippen molar-refractivity contribution in [2.75, 3.05) is 11.1 Å². The van der Waals surface area contributed by atoms with E-state index in [-0.39, 0.29) is 6.10 Å². The molecule has 1 atom stereocenters.